The van der Waals surface area contributed by atoms with Crippen LogP contribution in [-0.4, -0.2) is 21.8 Å². The second-order valence-corrected chi connectivity index (χ2v) is 7.04. The molecule has 108 valence electrons. The molecular weight excluding hydrogens is 298 g/mol. The molecular formula is C17H17NOS2. The summed E-state index contributed by atoms with van der Waals surface area (Å²) < 4.78 is 1.91. The van der Waals surface area contributed by atoms with Gasteiger partial charge in [-0.05, 0) is 36.1 Å². The number of nitrogens with zero attached hydrogens (tertiary/aromatic N) is 1. The summed E-state index contributed by atoms with van der Waals surface area (Å²) in [4.78, 5) is 13.6. The first-order chi connectivity index (χ1) is 10.3. The van der Waals surface area contributed by atoms with Gasteiger partial charge in [-0.15, -0.1) is 11.8 Å². The van der Waals surface area contributed by atoms with Crippen molar-refractivity contribution in [2.45, 2.75) is 11.3 Å². The predicted molar refractivity (Wildman–Crippen MR) is 90.1 cm³/mol. The smallest absolute Gasteiger partial charge is 0.237 e. The molecule has 1 saturated heterocycles. The zero-order valence-electron chi connectivity index (χ0n) is 11.6. The number of thioether (sulfide) groups is 1. The number of hydrogen-bond acceptors (Lipinski definition) is 3. The zero-order valence-corrected chi connectivity index (χ0v) is 13.3. The Hall–Kier alpha value is -1.39. The maximum absolute atomic E-state index is 12.4. The highest BCUT2D eigenvalue weighted by atomic mass is 32.2. The van der Waals surface area contributed by atoms with Crippen molar-refractivity contribution in [2.75, 3.05) is 11.6 Å². The third-order valence-electron chi connectivity index (χ3n) is 3.44. The van der Waals surface area contributed by atoms with E-state index in [0.29, 0.717) is 0 Å². The van der Waals surface area contributed by atoms with E-state index in [-0.39, 0.29) is 11.8 Å². The van der Waals surface area contributed by atoms with Crippen LogP contribution in [0.3, 0.4) is 0 Å². The highest BCUT2D eigenvalue weighted by molar-refractivity contribution is 8.02. The van der Waals surface area contributed by atoms with Crippen molar-refractivity contribution in [2.24, 2.45) is 5.92 Å². The lowest BCUT2D eigenvalue weighted by Crippen LogP contribution is -2.24. The van der Waals surface area contributed by atoms with Crippen LogP contribution in [0.25, 0.3) is 0 Å². The minimum atomic E-state index is 0.119. The van der Waals surface area contributed by atoms with Gasteiger partial charge in [0.2, 0.25) is 5.91 Å². The number of benzene rings is 2. The van der Waals surface area contributed by atoms with Crippen molar-refractivity contribution in [3.63, 3.8) is 0 Å². The van der Waals surface area contributed by atoms with Gasteiger partial charge in [0.1, 0.15) is 0 Å². The summed E-state index contributed by atoms with van der Waals surface area (Å²) in [5, 5.41) is 0. The molecule has 0 aromatic heterocycles. The van der Waals surface area contributed by atoms with Gasteiger partial charge in [-0.25, -0.2) is 0 Å². The molecule has 21 heavy (non-hydrogen) atoms. The van der Waals surface area contributed by atoms with E-state index in [1.54, 1.807) is 23.7 Å². The van der Waals surface area contributed by atoms with Gasteiger partial charge in [0.05, 0.1) is 11.8 Å². The van der Waals surface area contributed by atoms with Crippen molar-refractivity contribution >= 4 is 29.6 Å². The Morgan fingerprint density at radius 1 is 1.05 bits per heavy atom. The average molecular weight is 315 g/mol. The Morgan fingerprint density at radius 3 is 2.43 bits per heavy atom. The van der Waals surface area contributed by atoms with Crippen LogP contribution >= 0.6 is 23.7 Å². The summed E-state index contributed by atoms with van der Waals surface area (Å²) in [5.74, 6) is 2.00. The second-order valence-electron chi connectivity index (χ2n) is 4.99. The Bertz CT molecular complexity index is 588. The van der Waals surface area contributed by atoms with E-state index < -0.39 is 0 Å². The molecule has 0 bridgehead atoms. The molecule has 0 aliphatic carbocycles. The van der Waals surface area contributed by atoms with Gasteiger partial charge < -0.3 is 0 Å². The molecule has 4 heteroatoms. The molecule has 2 aromatic rings. The fourth-order valence-electron chi connectivity index (χ4n) is 2.31. The quantitative estimate of drug-likeness (QED) is 0.612. The van der Waals surface area contributed by atoms with Gasteiger partial charge in [0, 0.05) is 10.6 Å². The summed E-state index contributed by atoms with van der Waals surface area (Å²) in [7, 11) is 0. The lowest BCUT2D eigenvalue weighted by molar-refractivity contribution is -0.127. The van der Waals surface area contributed by atoms with E-state index >= 15 is 0 Å². The van der Waals surface area contributed by atoms with E-state index in [2.05, 4.69) is 24.3 Å². The van der Waals surface area contributed by atoms with Crippen LogP contribution in [0.15, 0.2) is 65.6 Å². The maximum Gasteiger partial charge on any atom is 0.237 e. The first kappa shape index (κ1) is 14.5. The fourth-order valence-corrected chi connectivity index (χ4v) is 4.41. The maximum atomic E-state index is 12.4. The Morgan fingerprint density at radius 2 is 1.71 bits per heavy atom. The van der Waals surface area contributed by atoms with Crippen molar-refractivity contribution in [1.29, 1.82) is 0 Å². The zero-order chi connectivity index (χ0) is 14.5. The number of carbonyl (C=O) groups excluding carboxylic acids is 1. The molecule has 0 saturated carbocycles. The van der Waals surface area contributed by atoms with Crippen LogP contribution in [0.4, 0.5) is 0 Å². The third-order valence-corrected chi connectivity index (χ3v) is 5.77. The number of hydrogen-bond donors (Lipinski definition) is 0. The molecule has 1 aliphatic rings. The van der Waals surface area contributed by atoms with E-state index in [1.807, 2.05) is 40.7 Å². The topological polar surface area (TPSA) is 20.3 Å². The standard InChI is InChI=1S/C17H17NOS2/c19-17-15(11-14-7-3-1-4-8-14)12-21-18(17)13-20-16-9-5-2-6-10-16/h1-10,15H,11-13H2. The largest absolute Gasteiger partial charge is 0.276 e. The second kappa shape index (κ2) is 7.05. The first-order valence-electron chi connectivity index (χ1n) is 6.99. The van der Waals surface area contributed by atoms with Gasteiger partial charge >= 0.3 is 0 Å². The molecule has 1 heterocycles. The highest BCUT2D eigenvalue weighted by Crippen LogP contribution is 2.32. The molecule has 0 N–H and O–H groups in total. The van der Waals surface area contributed by atoms with Crippen LogP contribution in [-0.2, 0) is 11.2 Å². The molecule has 1 unspecified atom stereocenters. The summed E-state index contributed by atoms with van der Waals surface area (Å²) in [6.45, 7) is 0. The van der Waals surface area contributed by atoms with Crippen LogP contribution in [0.1, 0.15) is 5.56 Å². The van der Waals surface area contributed by atoms with Crippen LogP contribution in [0, 0.1) is 5.92 Å². The van der Waals surface area contributed by atoms with Gasteiger partial charge in [-0.2, -0.15) is 0 Å². The summed E-state index contributed by atoms with van der Waals surface area (Å²) in [6.07, 6.45) is 0.846. The lowest BCUT2D eigenvalue weighted by atomic mass is 10.0. The van der Waals surface area contributed by atoms with Gasteiger partial charge in [-0.3, -0.25) is 9.10 Å². The van der Waals surface area contributed by atoms with Crippen molar-refractivity contribution in [1.82, 2.24) is 4.31 Å². The van der Waals surface area contributed by atoms with Crippen molar-refractivity contribution in [3.8, 4) is 0 Å². The lowest BCUT2D eigenvalue weighted by Gasteiger charge is -2.14. The van der Waals surface area contributed by atoms with E-state index in [9.17, 15) is 4.79 Å². The van der Waals surface area contributed by atoms with Gasteiger partial charge in [0.15, 0.2) is 0 Å². The molecule has 1 amide bonds. The number of rotatable bonds is 5. The summed E-state index contributed by atoms with van der Waals surface area (Å²) in [5.41, 5.74) is 1.24. The Kier molecular flexibility index (Phi) is 4.88. The van der Waals surface area contributed by atoms with Crippen LogP contribution in [0.2, 0.25) is 0 Å². The molecule has 1 fully saturated rings. The van der Waals surface area contributed by atoms with Gasteiger partial charge in [0.25, 0.3) is 0 Å². The summed E-state index contributed by atoms with van der Waals surface area (Å²) >= 11 is 3.37. The predicted octanol–water partition coefficient (Wildman–Crippen LogP) is 4.09. The Labute approximate surface area is 134 Å². The molecule has 2 nitrogen and oxygen atoms in total. The molecule has 1 atom stereocenters. The highest BCUT2D eigenvalue weighted by Gasteiger charge is 2.32. The van der Waals surface area contributed by atoms with Crippen LogP contribution in [0.5, 0.6) is 0 Å². The Balaban J connectivity index is 1.54. The van der Waals surface area contributed by atoms with Gasteiger partial charge in [-0.1, -0.05) is 48.5 Å². The first-order valence-corrected chi connectivity index (χ1v) is 8.92. The fraction of sp³-hybridized carbons (Fsp3) is 0.235. The average Bonchev–Trinajstić information content (AvgIpc) is 2.88. The van der Waals surface area contributed by atoms with E-state index in [4.69, 9.17) is 0 Å². The molecule has 0 spiro atoms. The third kappa shape index (κ3) is 3.83. The van der Waals surface area contributed by atoms with E-state index in [0.717, 1.165) is 18.1 Å². The number of carbonyl (C=O) groups is 1. The SMILES string of the molecule is O=C1C(Cc2ccccc2)CSN1CSc1ccccc1. The van der Waals surface area contributed by atoms with Crippen molar-refractivity contribution in [3.05, 3.63) is 66.2 Å². The number of amides is 1. The van der Waals surface area contributed by atoms with Crippen LogP contribution < -0.4 is 0 Å². The normalized spacial score (nSPS) is 18.2. The molecule has 2 aromatic carbocycles. The van der Waals surface area contributed by atoms with Crippen molar-refractivity contribution < 1.29 is 4.79 Å². The van der Waals surface area contributed by atoms with E-state index in [1.165, 1.54) is 10.5 Å². The molecule has 3 rings (SSSR count). The molecule has 1 aliphatic heterocycles. The summed E-state index contributed by atoms with van der Waals surface area (Å²) in [6, 6.07) is 20.5. The minimum Gasteiger partial charge on any atom is -0.276 e. The minimum absolute atomic E-state index is 0.119. The monoisotopic (exact) mass is 315 g/mol. The molecule has 0 radical (unpaired) electrons.